The van der Waals surface area contributed by atoms with Gasteiger partial charge in [-0.2, -0.15) is 0 Å². The number of hydrogen-bond donors (Lipinski definition) is 1. The molecule has 4 nitrogen and oxygen atoms in total. The predicted molar refractivity (Wildman–Crippen MR) is 60.2 cm³/mol. The topological polar surface area (TPSA) is 47.6 Å². The van der Waals surface area contributed by atoms with Crippen LogP contribution in [0.3, 0.4) is 0 Å². The van der Waals surface area contributed by atoms with Crippen molar-refractivity contribution in [2.75, 3.05) is 20.3 Å². The van der Waals surface area contributed by atoms with Gasteiger partial charge in [0.2, 0.25) is 0 Å². The van der Waals surface area contributed by atoms with Crippen LogP contribution in [0.1, 0.15) is 22.8 Å². The van der Waals surface area contributed by atoms with E-state index in [-0.39, 0.29) is 5.91 Å². The number of benzene rings is 1. The van der Waals surface area contributed by atoms with Crippen LogP contribution < -0.4 is 14.8 Å². The number of carbonyl (C=O) groups excluding carboxylic acids is 1. The highest BCUT2D eigenvalue weighted by atomic mass is 16.5. The Labute approximate surface area is 94.6 Å². The van der Waals surface area contributed by atoms with Gasteiger partial charge in [-0.05, 0) is 31.0 Å². The van der Waals surface area contributed by atoms with E-state index in [9.17, 15) is 4.79 Å². The van der Waals surface area contributed by atoms with E-state index >= 15 is 0 Å². The maximum Gasteiger partial charge on any atom is 0.251 e. The zero-order chi connectivity index (χ0) is 11.5. The molecule has 1 aliphatic rings. The van der Waals surface area contributed by atoms with Crippen LogP contribution in [-0.4, -0.2) is 26.2 Å². The van der Waals surface area contributed by atoms with Gasteiger partial charge >= 0.3 is 0 Å². The third kappa shape index (κ3) is 1.83. The van der Waals surface area contributed by atoms with E-state index in [0.29, 0.717) is 30.2 Å². The van der Waals surface area contributed by atoms with E-state index in [1.165, 1.54) is 0 Å². The Morgan fingerprint density at radius 1 is 1.38 bits per heavy atom. The summed E-state index contributed by atoms with van der Waals surface area (Å²) in [5.74, 6) is 1.28. The second-order valence-electron chi connectivity index (χ2n) is 3.60. The molecule has 0 aromatic heterocycles. The maximum absolute atomic E-state index is 11.6. The normalized spacial score (nSPS) is 14.0. The monoisotopic (exact) mass is 221 g/mol. The Kier molecular flexibility index (Phi) is 2.99. The largest absolute Gasteiger partial charge is 0.493 e. The number of carbonyl (C=O) groups is 1. The highest BCUT2D eigenvalue weighted by Gasteiger charge is 2.20. The molecule has 1 N–H and O–H groups in total. The molecule has 0 radical (unpaired) electrons. The SMILES string of the molecule is CCOc1cc2c(cc1OC)C(=O)NCC2. The van der Waals surface area contributed by atoms with E-state index in [0.717, 1.165) is 12.0 Å². The Hall–Kier alpha value is -1.71. The first-order chi connectivity index (χ1) is 7.76. The average Bonchev–Trinajstić information content (AvgIpc) is 2.29. The fourth-order valence-electron chi connectivity index (χ4n) is 1.85. The van der Waals surface area contributed by atoms with E-state index in [4.69, 9.17) is 9.47 Å². The minimum absolute atomic E-state index is 0.0393. The third-order valence-corrected chi connectivity index (χ3v) is 2.61. The van der Waals surface area contributed by atoms with Gasteiger partial charge in [0.05, 0.1) is 13.7 Å². The van der Waals surface area contributed by atoms with Gasteiger partial charge in [0.1, 0.15) is 0 Å². The summed E-state index contributed by atoms with van der Waals surface area (Å²) in [6, 6.07) is 3.64. The molecule has 0 fully saturated rings. The molecule has 4 heteroatoms. The first-order valence-electron chi connectivity index (χ1n) is 5.38. The van der Waals surface area contributed by atoms with Crippen molar-refractivity contribution in [3.8, 4) is 11.5 Å². The lowest BCUT2D eigenvalue weighted by atomic mass is 9.99. The minimum atomic E-state index is -0.0393. The van der Waals surface area contributed by atoms with E-state index in [1.54, 1.807) is 13.2 Å². The lowest BCUT2D eigenvalue weighted by Crippen LogP contribution is -2.31. The van der Waals surface area contributed by atoms with Crippen LogP contribution in [-0.2, 0) is 6.42 Å². The molecule has 0 saturated heterocycles. The molecule has 0 aliphatic carbocycles. The number of methoxy groups -OCH3 is 1. The number of hydrogen-bond acceptors (Lipinski definition) is 3. The Balaban J connectivity index is 2.46. The molecule has 1 aromatic rings. The molecule has 0 atom stereocenters. The molecular formula is C12H15NO3. The number of ether oxygens (including phenoxy) is 2. The zero-order valence-electron chi connectivity index (χ0n) is 9.50. The highest BCUT2D eigenvalue weighted by molar-refractivity contribution is 5.97. The van der Waals surface area contributed by atoms with Crippen molar-refractivity contribution in [1.82, 2.24) is 5.32 Å². The van der Waals surface area contributed by atoms with Crippen LogP contribution in [0.4, 0.5) is 0 Å². The van der Waals surface area contributed by atoms with Crippen molar-refractivity contribution >= 4 is 5.91 Å². The molecule has 1 aromatic carbocycles. The van der Waals surface area contributed by atoms with Crippen molar-refractivity contribution in [3.05, 3.63) is 23.3 Å². The Morgan fingerprint density at radius 2 is 2.19 bits per heavy atom. The molecule has 0 spiro atoms. The molecule has 1 amide bonds. The second-order valence-corrected chi connectivity index (χ2v) is 3.60. The van der Waals surface area contributed by atoms with Gasteiger partial charge in [0, 0.05) is 12.1 Å². The standard InChI is InChI=1S/C12H15NO3/c1-3-16-11-6-8-4-5-13-12(14)9(8)7-10(11)15-2/h6-7H,3-5H2,1-2H3,(H,13,14). The van der Waals surface area contributed by atoms with Crippen LogP contribution in [0, 0.1) is 0 Å². The number of amides is 1. The van der Waals surface area contributed by atoms with Gasteiger partial charge in [-0.3, -0.25) is 4.79 Å². The van der Waals surface area contributed by atoms with Gasteiger partial charge in [-0.15, -0.1) is 0 Å². The van der Waals surface area contributed by atoms with Crippen molar-refractivity contribution in [1.29, 1.82) is 0 Å². The van der Waals surface area contributed by atoms with E-state index in [2.05, 4.69) is 5.32 Å². The molecule has 0 unspecified atom stereocenters. The van der Waals surface area contributed by atoms with Crippen molar-refractivity contribution in [2.24, 2.45) is 0 Å². The van der Waals surface area contributed by atoms with E-state index < -0.39 is 0 Å². The van der Waals surface area contributed by atoms with Crippen LogP contribution in [0.25, 0.3) is 0 Å². The van der Waals surface area contributed by atoms with Crippen molar-refractivity contribution < 1.29 is 14.3 Å². The molecule has 1 heterocycles. The molecule has 1 aliphatic heterocycles. The average molecular weight is 221 g/mol. The maximum atomic E-state index is 11.6. The fraction of sp³-hybridized carbons (Fsp3) is 0.417. The van der Waals surface area contributed by atoms with Crippen molar-refractivity contribution in [2.45, 2.75) is 13.3 Å². The first kappa shape index (κ1) is 10.8. The summed E-state index contributed by atoms with van der Waals surface area (Å²) in [5, 5.41) is 2.81. The summed E-state index contributed by atoms with van der Waals surface area (Å²) >= 11 is 0. The highest BCUT2D eigenvalue weighted by Crippen LogP contribution is 2.32. The summed E-state index contributed by atoms with van der Waals surface area (Å²) in [6.07, 6.45) is 0.838. The van der Waals surface area contributed by atoms with Crippen LogP contribution in [0.15, 0.2) is 12.1 Å². The van der Waals surface area contributed by atoms with Crippen LogP contribution in [0.2, 0.25) is 0 Å². The quantitative estimate of drug-likeness (QED) is 0.838. The lowest BCUT2D eigenvalue weighted by molar-refractivity contribution is 0.0945. The summed E-state index contributed by atoms with van der Waals surface area (Å²) in [5.41, 5.74) is 1.71. The number of nitrogens with one attached hydrogen (secondary N) is 1. The molecule has 2 rings (SSSR count). The second kappa shape index (κ2) is 4.43. The van der Waals surface area contributed by atoms with Crippen molar-refractivity contribution in [3.63, 3.8) is 0 Å². The van der Waals surface area contributed by atoms with Gasteiger partial charge < -0.3 is 14.8 Å². The van der Waals surface area contributed by atoms with Gasteiger partial charge in [-0.25, -0.2) is 0 Å². The van der Waals surface area contributed by atoms with Crippen LogP contribution >= 0.6 is 0 Å². The number of fused-ring (bicyclic) bond motifs is 1. The zero-order valence-corrected chi connectivity index (χ0v) is 9.50. The lowest BCUT2D eigenvalue weighted by Gasteiger charge is -2.19. The van der Waals surface area contributed by atoms with Gasteiger partial charge in [0.25, 0.3) is 5.91 Å². The van der Waals surface area contributed by atoms with Gasteiger partial charge in [-0.1, -0.05) is 0 Å². The Bertz CT molecular complexity index is 415. The first-order valence-corrected chi connectivity index (χ1v) is 5.38. The smallest absolute Gasteiger partial charge is 0.251 e. The molecule has 0 saturated carbocycles. The van der Waals surface area contributed by atoms with Gasteiger partial charge in [0.15, 0.2) is 11.5 Å². The summed E-state index contributed by atoms with van der Waals surface area (Å²) in [4.78, 5) is 11.6. The minimum Gasteiger partial charge on any atom is -0.493 e. The molecule has 16 heavy (non-hydrogen) atoms. The van der Waals surface area contributed by atoms with E-state index in [1.807, 2.05) is 13.0 Å². The summed E-state index contributed by atoms with van der Waals surface area (Å²) in [7, 11) is 1.57. The molecule has 86 valence electrons. The summed E-state index contributed by atoms with van der Waals surface area (Å²) < 4.78 is 10.7. The molecular weight excluding hydrogens is 206 g/mol. The third-order valence-electron chi connectivity index (χ3n) is 2.61. The summed E-state index contributed by atoms with van der Waals surface area (Å²) in [6.45, 7) is 3.19. The Morgan fingerprint density at radius 3 is 2.88 bits per heavy atom. The predicted octanol–water partition coefficient (Wildman–Crippen LogP) is 1.38. The van der Waals surface area contributed by atoms with Crippen LogP contribution in [0.5, 0.6) is 11.5 Å². The fourth-order valence-corrected chi connectivity index (χ4v) is 1.85. The number of rotatable bonds is 3. The molecule has 0 bridgehead atoms.